The molecule has 3 nitrogen and oxygen atoms in total. The third-order valence-electron chi connectivity index (χ3n) is 2.80. The molecule has 0 aromatic heterocycles. The summed E-state index contributed by atoms with van der Waals surface area (Å²) in [5.41, 5.74) is 8.98. The molecule has 1 heterocycles. The Bertz CT molecular complexity index is 406. The van der Waals surface area contributed by atoms with Crippen LogP contribution in [0.1, 0.15) is 16.7 Å². The zero-order chi connectivity index (χ0) is 11.0. The van der Waals surface area contributed by atoms with Crippen molar-refractivity contribution >= 4 is 18.7 Å². The maximum atomic E-state index is 11.2. The fourth-order valence-electron chi connectivity index (χ4n) is 1.94. The quantitative estimate of drug-likeness (QED) is 0.698. The van der Waals surface area contributed by atoms with Gasteiger partial charge in [0.05, 0.1) is 0 Å². The summed E-state index contributed by atoms with van der Waals surface area (Å²) in [5.74, 6) is -0.308. The van der Waals surface area contributed by atoms with Crippen LogP contribution in [0.15, 0.2) is 18.2 Å². The molecular formula is C11H14N2OS. The van der Waals surface area contributed by atoms with Crippen molar-refractivity contribution in [2.45, 2.75) is 25.9 Å². The van der Waals surface area contributed by atoms with Crippen LogP contribution in [0.5, 0.6) is 0 Å². The minimum Gasteiger partial charge on any atom is -0.368 e. The summed E-state index contributed by atoms with van der Waals surface area (Å²) in [6.45, 7) is 2.72. The average molecular weight is 222 g/mol. The van der Waals surface area contributed by atoms with Gasteiger partial charge in [-0.25, -0.2) is 4.31 Å². The van der Waals surface area contributed by atoms with Crippen LogP contribution in [0.25, 0.3) is 0 Å². The first-order chi connectivity index (χ1) is 7.08. The summed E-state index contributed by atoms with van der Waals surface area (Å²) in [5, 5.41) is 0. The summed E-state index contributed by atoms with van der Waals surface area (Å²) >= 11 is 4.28. The van der Waals surface area contributed by atoms with Crippen molar-refractivity contribution in [1.29, 1.82) is 0 Å². The summed E-state index contributed by atoms with van der Waals surface area (Å²) in [6.07, 6.45) is 0.663. The van der Waals surface area contributed by atoms with E-state index in [1.807, 2.05) is 6.92 Å². The number of amides is 1. The predicted molar refractivity (Wildman–Crippen MR) is 62.4 cm³/mol. The topological polar surface area (TPSA) is 46.3 Å². The van der Waals surface area contributed by atoms with Gasteiger partial charge >= 0.3 is 0 Å². The Balaban J connectivity index is 2.34. The average Bonchev–Trinajstić information content (AvgIpc) is 2.17. The number of thiol groups is 1. The molecule has 0 saturated heterocycles. The molecule has 1 aliphatic heterocycles. The molecule has 1 aromatic rings. The molecule has 1 amide bonds. The van der Waals surface area contributed by atoms with Crippen LogP contribution in [0.3, 0.4) is 0 Å². The van der Waals surface area contributed by atoms with Crippen LogP contribution in [-0.2, 0) is 17.8 Å². The predicted octanol–water partition coefficient (Wildman–Crippen LogP) is 1.05. The first-order valence-corrected chi connectivity index (χ1v) is 5.31. The third-order valence-corrected chi connectivity index (χ3v) is 3.22. The maximum absolute atomic E-state index is 11.2. The number of hydrogen-bond acceptors (Lipinski definition) is 3. The molecule has 2 N–H and O–H groups in total. The number of carbonyl (C=O) groups is 1. The van der Waals surface area contributed by atoms with Gasteiger partial charge in [-0.15, -0.1) is 0 Å². The van der Waals surface area contributed by atoms with Crippen LogP contribution in [0, 0.1) is 6.92 Å². The Labute approximate surface area is 94.8 Å². The van der Waals surface area contributed by atoms with Gasteiger partial charge in [-0.1, -0.05) is 36.6 Å². The molecule has 4 heteroatoms. The minimum absolute atomic E-state index is 0.289. The van der Waals surface area contributed by atoms with Gasteiger partial charge in [-0.2, -0.15) is 0 Å². The summed E-state index contributed by atoms with van der Waals surface area (Å²) < 4.78 is 1.71. The fraction of sp³-hybridized carbons (Fsp3) is 0.364. The van der Waals surface area contributed by atoms with Gasteiger partial charge in [0.25, 0.3) is 0 Å². The second-order valence-corrected chi connectivity index (χ2v) is 4.51. The lowest BCUT2D eigenvalue weighted by Crippen LogP contribution is -2.43. The molecule has 2 rings (SSSR count). The molecule has 0 bridgehead atoms. The molecule has 1 unspecified atom stereocenters. The SMILES string of the molecule is Cc1ccc2c(c1)CC(C(N)=O)N(S)C2. The second kappa shape index (κ2) is 3.87. The second-order valence-electron chi connectivity index (χ2n) is 3.99. The van der Waals surface area contributed by atoms with Crippen molar-refractivity contribution in [2.24, 2.45) is 5.73 Å². The zero-order valence-electron chi connectivity index (χ0n) is 8.60. The Morgan fingerprint density at radius 1 is 1.53 bits per heavy atom. The van der Waals surface area contributed by atoms with E-state index in [0.717, 1.165) is 0 Å². The number of aryl methyl sites for hydroxylation is 1. The molecule has 0 spiro atoms. The Morgan fingerprint density at radius 2 is 2.27 bits per heavy atom. The monoisotopic (exact) mass is 222 g/mol. The lowest BCUT2D eigenvalue weighted by atomic mass is 9.94. The lowest BCUT2D eigenvalue weighted by Gasteiger charge is -2.30. The normalized spacial score (nSPS) is 21.1. The van der Waals surface area contributed by atoms with E-state index in [1.54, 1.807) is 4.31 Å². The van der Waals surface area contributed by atoms with Gasteiger partial charge in [0, 0.05) is 6.54 Å². The Kier molecular flexibility index (Phi) is 2.71. The minimum atomic E-state index is -0.308. The number of fused-ring (bicyclic) bond motifs is 1. The molecule has 15 heavy (non-hydrogen) atoms. The van der Waals surface area contributed by atoms with E-state index in [-0.39, 0.29) is 11.9 Å². The fourth-order valence-corrected chi connectivity index (χ4v) is 2.29. The number of benzene rings is 1. The number of hydrogen-bond donors (Lipinski definition) is 2. The summed E-state index contributed by atoms with van der Waals surface area (Å²) in [4.78, 5) is 11.2. The van der Waals surface area contributed by atoms with E-state index in [1.165, 1.54) is 16.7 Å². The molecule has 1 aliphatic rings. The van der Waals surface area contributed by atoms with Crippen molar-refractivity contribution < 1.29 is 4.79 Å². The number of nitrogens with two attached hydrogens (primary N) is 1. The Hall–Kier alpha value is -1.00. The third kappa shape index (κ3) is 2.01. The molecule has 1 aromatic carbocycles. The van der Waals surface area contributed by atoms with E-state index in [4.69, 9.17) is 5.73 Å². The van der Waals surface area contributed by atoms with Crippen LogP contribution in [0.4, 0.5) is 0 Å². The zero-order valence-corrected chi connectivity index (χ0v) is 9.50. The molecule has 1 atom stereocenters. The van der Waals surface area contributed by atoms with E-state index in [2.05, 4.69) is 31.0 Å². The smallest absolute Gasteiger partial charge is 0.236 e. The number of primary amides is 1. The van der Waals surface area contributed by atoms with Crippen molar-refractivity contribution in [1.82, 2.24) is 4.31 Å². The van der Waals surface area contributed by atoms with Crippen LogP contribution in [0.2, 0.25) is 0 Å². The van der Waals surface area contributed by atoms with Gasteiger partial charge < -0.3 is 5.73 Å². The standard InChI is InChI=1S/C11H14N2OS/c1-7-2-3-8-6-13(15)10(11(12)14)5-9(8)4-7/h2-4,10,15H,5-6H2,1H3,(H2,12,14). The highest BCUT2D eigenvalue weighted by molar-refractivity contribution is 7.77. The number of rotatable bonds is 1. The molecule has 80 valence electrons. The van der Waals surface area contributed by atoms with Crippen LogP contribution >= 0.6 is 12.8 Å². The maximum Gasteiger partial charge on any atom is 0.236 e. The largest absolute Gasteiger partial charge is 0.368 e. The highest BCUT2D eigenvalue weighted by Gasteiger charge is 2.27. The van der Waals surface area contributed by atoms with Crippen molar-refractivity contribution in [3.8, 4) is 0 Å². The first-order valence-electron chi connectivity index (χ1n) is 4.91. The van der Waals surface area contributed by atoms with Crippen LogP contribution < -0.4 is 5.73 Å². The van der Waals surface area contributed by atoms with Gasteiger partial charge in [0.15, 0.2) is 0 Å². The van der Waals surface area contributed by atoms with E-state index >= 15 is 0 Å². The van der Waals surface area contributed by atoms with E-state index < -0.39 is 0 Å². The van der Waals surface area contributed by atoms with Gasteiger partial charge in [0.2, 0.25) is 5.91 Å². The molecule has 0 fully saturated rings. The van der Waals surface area contributed by atoms with Crippen molar-refractivity contribution in [3.63, 3.8) is 0 Å². The highest BCUT2D eigenvalue weighted by Crippen LogP contribution is 2.25. The van der Waals surface area contributed by atoms with E-state index in [9.17, 15) is 4.79 Å². The molecular weight excluding hydrogens is 208 g/mol. The van der Waals surface area contributed by atoms with Crippen LogP contribution in [-0.4, -0.2) is 16.3 Å². The highest BCUT2D eigenvalue weighted by atomic mass is 32.1. The van der Waals surface area contributed by atoms with E-state index in [0.29, 0.717) is 13.0 Å². The van der Waals surface area contributed by atoms with Crippen molar-refractivity contribution in [2.75, 3.05) is 0 Å². The van der Waals surface area contributed by atoms with Gasteiger partial charge in [-0.3, -0.25) is 4.79 Å². The van der Waals surface area contributed by atoms with Gasteiger partial charge in [0.1, 0.15) is 6.04 Å². The summed E-state index contributed by atoms with van der Waals surface area (Å²) in [6, 6.07) is 5.99. The molecule has 0 aliphatic carbocycles. The molecule has 0 radical (unpaired) electrons. The Morgan fingerprint density at radius 3 is 2.93 bits per heavy atom. The van der Waals surface area contributed by atoms with Gasteiger partial charge in [-0.05, 0) is 24.5 Å². The van der Waals surface area contributed by atoms with Crippen molar-refractivity contribution in [3.05, 3.63) is 34.9 Å². The first kappa shape index (κ1) is 10.5. The number of carbonyl (C=O) groups excluding carboxylic acids is 1. The summed E-state index contributed by atoms with van der Waals surface area (Å²) in [7, 11) is 0. The molecule has 0 saturated carbocycles. The number of nitrogens with zero attached hydrogens (tertiary/aromatic N) is 1. The lowest BCUT2D eigenvalue weighted by molar-refractivity contribution is -0.121.